The lowest BCUT2D eigenvalue weighted by atomic mass is 10.3. The second-order valence-corrected chi connectivity index (χ2v) is 6.96. The molecule has 1 aliphatic heterocycles. The molecule has 1 aromatic carbocycles. The van der Waals surface area contributed by atoms with Crippen molar-refractivity contribution in [2.24, 2.45) is 0 Å². The van der Waals surface area contributed by atoms with Crippen LogP contribution in [0.25, 0.3) is 0 Å². The highest BCUT2D eigenvalue weighted by Crippen LogP contribution is 2.32. The van der Waals surface area contributed by atoms with Gasteiger partial charge in [0.1, 0.15) is 0 Å². The van der Waals surface area contributed by atoms with Crippen LogP contribution in [0.4, 0.5) is 5.69 Å². The molecule has 1 aliphatic rings. The summed E-state index contributed by atoms with van der Waals surface area (Å²) in [5.41, 5.74) is 0.0722. The molecule has 8 heteroatoms. The molecule has 1 amide bonds. The molecule has 0 bridgehead atoms. The minimum atomic E-state index is -0.387. The van der Waals surface area contributed by atoms with Crippen molar-refractivity contribution in [3.63, 3.8) is 0 Å². The molecule has 0 atom stereocenters. The zero-order chi connectivity index (χ0) is 16.1. The van der Waals surface area contributed by atoms with Gasteiger partial charge in [-0.3, -0.25) is 14.9 Å². The summed E-state index contributed by atoms with van der Waals surface area (Å²) in [7, 11) is 2.03. The van der Waals surface area contributed by atoms with Gasteiger partial charge in [0.15, 0.2) is 0 Å². The van der Waals surface area contributed by atoms with Crippen LogP contribution in [-0.4, -0.2) is 65.9 Å². The Labute approximate surface area is 138 Å². The Morgan fingerprint density at radius 1 is 1.32 bits per heavy atom. The number of nitro benzene ring substituents is 1. The van der Waals surface area contributed by atoms with Gasteiger partial charge >= 0.3 is 0 Å². The van der Waals surface area contributed by atoms with Gasteiger partial charge in [0.25, 0.3) is 5.69 Å². The van der Waals surface area contributed by atoms with Gasteiger partial charge in [-0.2, -0.15) is 0 Å². The molecule has 0 spiro atoms. The largest absolute Gasteiger partial charge is 0.339 e. The van der Waals surface area contributed by atoms with Crippen LogP contribution in [0.15, 0.2) is 28.0 Å². The van der Waals surface area contributed by atoms with Crippen LogP contribution in [0.3, 0.4) is 0 Å². The third-order valence-corrected chi connectivity index (χ3v) is 5.34. The number of piperazine rings is 1. The molecule has 6 nitrogen and oxygen atoms in total. The first kappa shape index (κ1) is 17.1. The molecule has 2 rings (SSSR count). The van der Waals surface area contributed by atoms with E-state index in [1.807, 2.05) is 24.3 Å². The number of nitrogens with zero attached hydrogens (tertiary/aromatic N) is 3. The van der Waals surface area contributed by atoms with Crippen molar-refractivity contribution in [2.45, 2.75) is 9.79 Å². The lowest BCUT2D eigenvalue weighted by Gasteiger charge is -2.32. The lowest BCUT2D eigenvalue weighted by Crippen LogP contribution is -2.47. The quantitative estimate of drug-likeness (QED) is 0.465. The fourth-order valence-corrected chi connectivity index (χ4v) is 3.52. The number of amides is 1. The molecule has 1 aromatic rings. The molecule has 0 unspecified atom stereocenters. The van der Waals surface area contributed by atoms with Crippen molar-refractivity contribution < 1.29 is 9.72 Å². The maximum absolute atomic E-state index is 12.2. The van der Waals surface area contributed by atoms with Crippen molar-refractivity contribution in [3.05, 3.63) is 28.3 Å². The second-order valence-electron chi connectivity index (χ2n) is 5.06. The van der Waals surface area contributed by atoms with E-state index in [1.54, 1.807) is 12.1 Å². The summed E-state index contributed by atoms with van der Waals surface area (Å²) in [4.78, 5) is 28.4. The van der Waals surface area contributed by atoms with E-state index in [0.717, 1.165) is 31.1 Å². The monoisotopic (exact) mass is 341 g/mol. The molecule has 0 N–H and O–H groups in total. The molecule has 0 aromatic heterocycles. The molecule has 1 fully saturated rings. The SMILES string of the molecule is CSc1ccc(SCC(=O)N2CCN(C)CC2)c([N+](=O)[O-])c1. The maximum atomic E-state index is 12.2. The number of carbonyl (C=O) groups excluding carboxylic acids is 1. The standard InChI is InChI=1S/C14H19N3O3S2/c1-15-5-7-16(8-6-15)14(18)10-22-13-4-3-11(21-2)9-12(13)17(19)20/h3-4,9H,5-8,10H2,1-2H3. The third kappa shape index (κ3) is 4.37. The Morgan fingerprint density at radius 3 is 2.59 bits per heavy atom. The number of nitro groups is 1. The zero-order valence-electron chi connectivity index (χ0n) is 12.7. The van der Waals surface area contributed by atoms with Gasteiger partial charge in [-0.1, -0.05) is 0 Å². The summed E-state index contributed by atoms with van der Waals surface area (Å²) in [6, 6.07) is 5.14. The van der Waals surface area contributed by atoms with E-state index in [9.17, 15) is 14.9 Å². The van der Waals surface area contributed by atoms with Gasteiger partial charge in [0.05, 0.1) is 15.6 Å². The number of likely N-dealkylation sites (N-methyl/N-ethyl adjacent to an activating group) is 1. The first-order valence-electron chi connectivity index (χ1n) is 6.93. The number of hydrogen-bond acceptors (Lipinski definition) is 6. The van der Waals surface area contributed by atoms with Crippen molar-refractivity contribution in [2.75, 3.05) is 45.2 Å². The molecule has 120 valence electrons. The Bertz CT molecular complexity index is 560. The van der Waals surface area contributed by atoms with Crippen molar-refractivity contribution in [1.82, 2.24) is 9.80 Å². The summed E-state index contributed by atoms with van der Waals surface area (Å²) < 4.78 is 0. The molecular formula is C14H19N3O3S2. The summed E-state index contributed by atoms with van der Waals surface area (Å²) in [6.07, 6.45) is 1.88. The van der Waals surface area contributed by atoms with Crippen LogP contribution >= 0.6 is 23.5 Å². The van der Waals surface area contributed by atoms with Gasteiger partial charge in [0, 0.05) is 37.1 Å². The minimum Gasteiger partial charge on any atom is -0.339 e. The summed E-state index contributed by atoms with van der Waals surface area (Å²) in [6.45, 7) is 3.20. The number of hydrogen-bond donors (Lipinski definition) is 0. The molecule has 1 heterocycles. The Kier molecular flexibility index (Phi) is 6.10. The van der Waals surface area contributed by atoms with Crippen molar-refractivity contribution in [3.8, 4) is 0 Å². The molecule has 0 aliphatic carbocycles. The van der Waals surface area contributed by atoms with Crippen molar-refractivity contribution >= 4 is 35.1 Å². The smallest absolute Gasteiger partial charge is 0.284 e. The first-order chi connectivity index (χ1) is 10.5. The van der Waals surface area contributed by atoms with Crippen LogP contribution in [-0.2, 0) is 4.79 Å². The Morgan fingerprint density at radius 2 is 2.00 bits per heavy atom. The van der Waals surface area contributed by atoms with Crippen LogP contribution < -0.4 is 0 Å². The van der Waals surface area contributed by atoms with E-state index < -0.39 is 0 Å². The topological polar surface area (TPSA) is 66.7 Å². The first-order valence-corrected chi connectivity index (χ1v) is 9.14. The number of benzene rings is 1. The third-order valence-electron chi connectivity index (χ3n) is 3.57. The van der Waals surface area contributed by atoms with Crippen LogP contribution in [0.2, 0.25) is 0 Å². The molecule has 0 saturated carbocycles. The Balaban J connectivity index is 1.99. The van der Waals surface area contributed by atoms with E-state index >= 15 is 0 Å². The van der Waals surface area contributed by atoms with Crippen molar-refractivity contribution in [1.29, 1.82) is 0 Å². The van der Waals surface area contributed by atoms with Gasteiger partial charge in [-0.05, 0) is 25.4 Å². The predicted molar refractivity (Wildman–Crippen MR) is 89.7 cm³/mol. The maximum Gasteiger partial charge on any atom is 0.284 e. The van der Waals surface area contributed by atoms with Crippen LogP contribution in [0.1, 0.15) is 0 Å². The number of carbonyl (C=O) groups is 1. The normalized spacial score (nSPS) is 15.8. The minimum absolute atomic E-state index is 0.0429. The summed E-state index contributed by atoms with van der Waals surface area (Å²) >= 11 is 2.70. The van der Waals surface area contributed by atoms with Gasteiger partial charge in [-0.25, -0.2) is 0 Å². The number of rotatable bonds is 5. The second kappa shape index (κ2) is 7.85. The molecule has 22 heavy (non-hydrogen) atoms. The fourth-order valence-electron chi connectivity index (χ4n) is 2.18. The molecule has 0 radical (unpaired) electrons. The lowest BCUT2D eigenvalue weighted by molar-refractivity contribution is -0.387. The van der Waals surface area contributed by atoms with Crippen LogP contribution in [0, 0.1) is 10.1 Å². The number of thioether (sulfide) groups is 2. The predicted octanol–water partition coefficient (Wildman–Crippen LogP) is 2.18. The van der Waals surface area contributed by atoms with E-state index in [1.165, 1.54) is 23.5 Å². The highest BCUT2D eigenvalue weighted by molar-refractivity contribution is 8.00. The average Bonchev–Trinajstić information content (AvgIpc) is 2.53. The van der Waals surface area contributed by atoms with E-state index in [2.05, 4.69) is 4.90 Å². The van der Waals surface area contributed by atoms with Crippen LogP contribution in [0.5, 0.6) is 0 Å². The molecule has 1 saturated heterocycles. The van der Waals surface area contributed by atoms with E-state index in [0.29, 0.717) is 4.90 Å². The average molecular weight is 341 g/mol. The molecular weight excluding hydrogens is 322 g/mol. The summed E-state index contributed by atoms with van der Waals surface area (Å²) in [5.74, 6) is 0.282. The zero-order valence-corrected chi connectivity index (χ0v) is 14.3. The van der Waals surface area contributed by atoms with Gasteiger partial charge in [-0.15, -0.1) is 23.5 Å². The van der Waals surface area contributed by atoms with Gasteiger partial charge < -0.3 is 9.80 Å². The van der Waals surface area contributed by atoms with E-state index in [4.69, 9.17) is 0 Å². The fraction of sp³-hybridized carbons (Fsp3) is 0.500. The summed E-state index contributed by atoms with van der Waals surface area (Å²) in [5, 5.41) is 11.2. The highest BCUT2D eigenvalue weighted by Gasteiger charge is 2.21. The Hall–Kier alpha value is -1.25. The van der Waals surface area contributed by atoms with E-state index in [-0.39, 0.29) is 22.3 Å². The van der Waals surface area contributed by atoms with Gasteiger partial charge in [0.2, 0.25) is 5.91 Å². The highest BCUT2D eigenvalue weighted by atomic mass is 32.2.